The van der Waals surface area contributed by atoms with Gasteiger partial charge in [0.15, 0.2) is 0 Å². The van der Waals surface area contributed by atoms with E-state index in [1.165, 1.54) is 18.1 Å². The number of amides is 2. The third-order valence-corrected chi connectivity index (χ3v) is 7.56. The fourth-order valence-electron chi connectivity index (χ4n) is 5.27. The molecule has 0 spiro atoms. The van der Waals surface area contributed by atoms with Crippen LogP contribution in [0.4, 0.5) is 18.9 Å². The Balaban J connectivity index is 1.60. The molecule has 0 radical (unpaired) electrons. The number of hydrogen-bond donors (Lipinski definition) is 1. The number of fused-ring (bicyclic) bond motifs is 1. The van der Waals surface area contributed by atoms with Gasteiger partial charge in [0.25, 0.3) is 5.91 Å². The van der Waals surface area contributed by atoms with Crippen molar-refractivity contribution in [3.8, 4) is 11.8 Å². The molecule has 0 unspecified atom stereocenters. The van der Waals surface area contributed by atoms with E-state index >= 15 is 0 Å². The Labute approximate surface area is 224 Å². The first-order valence-electron chi connectivity index (χ1n) is 12.6. The topological polar surface area (TPSA) is 100 Å². The molecule has 2 amide bonds. The summed E-state index contributed by atoms with van der Waals surface area (Å²) >= 11 is 0. The van der Waals surface area contributed by atoms with Crippen molar-refractivity contribution in [3.63, 3.8) is 0 Å². The van der Waals surface area contributed by atoms with Crippen LogP contribution in [0.1, 0.15) is 59.7 Å². The lowest BCUT2D eigenvalue weighted by Crippen LogP contribution is -2.49. The van der Waals surface area contributed by atoms with E-state index in [2.05, 4.69) is 10.3 Å². The molecule has 1 aliphatic rings. The number of aryl methyl sites for hydroxylation is 2. The first kappa shape index (κ1) is 28.0. The van der Waals surface area contributed by atoms with Gasteiger partial charge < -0.3 is 19.5 Å². The maximum atomic E-state index is 13.1. The van der Waals surface area contributed by atoms with Crippen LogP contribution in [0.3, 0.4) is 0 Å². The highest BCUT2D eigenvalue weighted by molar-refractivity contribution is 6.06. The molecular weight excluding hydrogens is 511 g/mol. The number of anilines is 1. The van der Waals surface area contributed by atoms with Gasteiger partial charge in [0.05, 0.1) is 24.6 Å². The largest absolute Gasteiger partial charge is 0.495 e. The third kappa shape index (κ3) is 5.28. The van der Waals surface area contributed by atoms with Crippen LogP contribution in [-0.2, 0) is 11.8 Å². The van der Waals surface area contributed by atoms with Gasteiger partial charge in [-0.25, -0.2) is 4.98 Å². The highest BCUT2D eigenvalue weighted by Crippen LogP contribution is 2.40. The van der Waals surface area contributed by atoms with Crippen LogP contribution in [0, 0.1) is 24.2 Å². The van der Waals surface area contributed by atoms with E-state index in [0.29, 0.717) is 35.5 Å². The molecule has 0 saturated carbocycles. The van der Waals surface area contributed by atoms with E-state index in [0.717, 1.165) is 23.4 Å². The minimum atomic E-state index is -4.57. The number of likely N-dealkylation sites (tertiary alicyclic amines) is 1. The lowest BCUT2D eigenvalue weighted by molar-refractivity contribution is -0.187. The van der Waals surface area contributed by atoms with Gasteiger partial charge in [-0.1, -0.05) is 0 Å². The van der Waals surface area contributed by atoms with Crippen molar-refractivity contribution in [2.75, 3.05) is 19.0 Å². The zero-order valence-corrected chi connectivity index (χ0v) is 22.4. The van der Waals surface area contributed by atoms with Crippen LogP contribution in [0.5, 0.6) is 5.75 Å². The van der Waals surface area contributed by atoms with Gasteiger partial charge >= 0.3 is 6.18 Å². The second kappa shape index (κ2) is 10.6. The Morgan fingerprint density at radius 2 is 2.03 bits per heavy atom. The smallest absolute Gasteiger partial charge is 0.400 e. The standard InChI is InChI=1S/C28H30F3N5O3/c1-15-10-18(8-9-36(15)27(38)17(3)28(29,30)31)21-14-35(4)25-24(21)16(2)22(13-33-25)34-26(37)19-6-7-23(39-5)20(11-19)12-32/h6-7,11,13-15,17-18H,8-10H2,1-5H3,(H,34,37)/t15-,17-,18+/m0/s1. The number of rotatable bonds is 5. The fraction of sp³-hybridized carbons (Fsp3) is 0.429. The lowest BCUT2D eigenvalue weighted by atomic mass is 9.84. The van der Waals surface area contributed by atoms with Crippen molar-refractivity contribution < 1.29 is 27.5 Å². The van der Waals surface area contributed by atoms with Crippen molar-refractivity contribution in [1.82, 2.24) is 14.5 Å². The van der Waals surface area contributed by atoms with E-state index in [-0.39, 0.29) is 24.1 Å². The maximum Gasteiger partial charge on any atom is 0.400 e. The van der Waals surface area contributed by atoms with Gasteiger partial charge in [-0.15, -0.1) is 0 Å². The zero-order valence-electron chi connectivity index (χ0n) is 22.4. The number of carbonyl (C=O) groups is 2. The summed E-state index contributed by atoms with van der Waals surface area (Å²) in [5.41, 5.74) is 3.54. The molecule has 3 aromatic rings. The lowest BCUT2D eigenvalue weighted by Gasteiger charge is -2.39. The number of carbonyl (C=O) groups excluding carboxylic acids is 2. The van der Waals surface area contributed by atoms with Crippen molar-refractivity contribution in [3.05, 3.63) is 52.8 Å². The Bertz CT molecular complexity index is 1470. The van der Waals surface area contributed by atoms with Crippen LogP contribution >= 0.6 is 0 Å². The van der Waals surface area contributed by atoms with E-state index in [1.54, 1.807) is 25.3 Å². The van der Waals surface area contributed by atoms with Crippen molar-refractivity contribution in [2.24, 2.45) is 13.0 Å². The molecule has 4 rings (SSSR count). The van der Waals surface area contributed by atoms with Crippen LogP contribution in [-0.4, -0.2) is 52.1 Å². The Morgan fingerprint density at radius 3 is 2.64 bits per heavy atom. The number of nitriles is 1. The van der Waals surface area contributed by atoms with Crippen molar-refractivity contribution in [2.45, 2.75) is 51.7 Å². The third-order valence-electron chi connectivity index (χ3n) is 7.56. The molecule has 39 heavy (non-hydrogen) atoms. The quantitative estimate of drug-likeness (QED) is 0.472. The summed E-state index contributed by atoms with van der Waals surface area (Å²) in [6.45, 7) is 4.79. The predicted octanol–water partition coefficient (Wildman–Crippen LogP) is 5.31. The molecular formula is C28H30F3N5O3. The second-order valence-electron chi connectivity index (χ2n) is 10.0. The summed E-state index contributed by atoms with van der Waals surface area (Å²) in [7, 11) is 3.31. The van der Waals surface area contributed by atoms with Crippen molar-refractivity contribution in [1.29, 1.82) is 5.26 Å². The monoisotopic (exact) mass is 541 g/mol. The summed E-state index contributed by atoms with van der Waals surface area (Å²) < 4.78 is 46.5. The fourth-order valence-corrected chi connectivity index (χ4v) is 5.27. The zero-order chi connectivity index (χ0) is 28.6. The number of hydrogen-bond acceptors (Lipinski definition) is 5. The highest BCUT2D eigenvalue weighted by Gasteiger charge is 2.45. The molecule has 1 aliphatic heterocycles. The molecule has 0 bridgehead atoms. The molecule has 3 atom stereocenters. The number of halogens is 3. The first-order valence-corrected chi connectivity index (χ1v) is 12.6. The highest BCUT2D eigenvalue weighted by atomic mass is 19.4. The average Bonchev–Trinajstić information content (AvgIpc) is 3.25. The van der Waals surface area contributed by atoms with E-state index in [4.69, 9.17) is 4.74 Å². The number of alkyl halides is 3. The number of methoxy groups -OCH3 is 1. The Morgan fingerprint density at radius 1 is 1.31 bits per heavy atom. The number of pyridine rings is 1. The Hall–Kier alpha value is -4.07. The van der Waals surface area contributed by atoms with Crippen LogP contribution in [0.15, 0.2) is 30.6 Å². The number of nitrogens with one attached hydrogen (secondary N) is 1. The van der Waals surface area contributed by atoms with E-state index in [9.17, 15) is 28.0 Å². The summed E-state index contributed by atoms with van der Waals surface area (Å²) in [6, 6.07) is 6.24. The summed E-state index contributed by atoms with van der Waals surface area (Å²) in [5.74, 6) is -2.97. The number of aromatic nitrogens is 2. The molecule has 3 heterocycles. The molecule has 1 aromatic carbocycles. The SMILES string of the molecule is COc1ccc(C(=O)Nc2cnc3c(c([C@@H]4CCN(C(=O)[C@H](C)C(F)(F)F)[C@@H](C)C4)cn3C)c2C)cc1C#N. The molecule has 1 saturated heterocycles. The van der Waals surface area contributed by atoms with Gasteiger partial charge in [0.1, 0.15) is 23.4 Å². The molecule has 206 valence electrons. The molecule has 0 aliphatic carbocycles. The Kier molecular flexibility index (Phi) is 7.59. The molecule has 11 heteroatoms. The minimum absolute atomic E-state index is 0.000157. The summed E-state index contributed by atoms with van der Waals surface area (Å²) in [4.78, 5) is 31.5. The average molecular weight is 542 g/mol. The summed E-state index contributed by atoms with van der Waals surface area (Å²) in [5, 5.41) is 13.1. The van der Waals surface area contributed by atoms with E-state index in [1.807, 2.05) is 30.8 Å². The normalized spacial score (nSPS) is 18.5. The van der Waals surface area contributed by atoms with E-state index < -0.39 is 23.9 Å². The number of piperidine rings is 1. The summed E-state index contributed by atoms with van der Waals surface area (Å²) in [6.07, 6.45) is -0.00957. The minimum Gasteiger partial charge on any atom is -0.495 e. The maximum absolute atomic E-state index is 13.1. The second-order valence-corrected chi connectivity index (χ2v) is 10.0. The van der Waals surface area contributed by atoms with Crippen molar-refractivity contribution >= 4 is 28.5 Å². The molecule has 1 fully saturated rings. The van der Waals surface area contributed by atoms with Crippen LogP contribution in [0.2, 0.25) is 0 Å². The van der Waals surface area contributed by atoms with Gasteiger partial charge in [0.2, 0.25) is 5.91 Å². The molecule has 8 nitrogen and oxygen atoms in total. The molecule has 2 aromatic heterocycles. The van der Waals surface area contributed by atoms with Crippen LogP contribution in [0.25, 0.3) is 11.0 Å². The first-order chi connectivity index (χ1) is 18.4. The van der Waals surface area contributed by atoms with Gasteiger partial charge in [0, 0.05) is 36.8 Å². The van der Waals surface area contributed by atoms with Gasteiger partial charge in [-0.2, -0.15) is 18.4 Å². The predicted molar refractivity (Wildman–Crippen MR) is 139 cm³/mol. The van der Waals surface area contributed by atoms with Gasteiger partial charge in [-0.3, -0.25) is 9.59 Å². The number of ether oxygens (including phenoxy) is 1. The molecule has 1 N–H and O–H groups in total. The van der Waals surface area contributed by atoms with Crippen LogP contribution < -0.4 is 10.1 Å². The van der Waals surface area contributed by atoms with Gasteiger partial charge in [-0.05, 0) is 68.9 Å². The number of benzene rings is 1. The number of nitrogens with zero attached hydrogens (tertiary/aromatic N) is 4.